The smallest absolute Gasteiger partial charge is 0.185 e. The van der Waals surface area contributed by atoms with Gasteiger partial charge in [0.25, 0.3) is 0 Å². The summed E-state index contributed by atoms with van der Waals surface area (Å²) in [5.41, 5.74) is -14.6. The Balaban J connectivity index is 1.52. The molecule has 8 bridgehead atoms. The molecule has 374 valence electrons. The van der Waals surface area contributed by atoms with Crippen LogP contribution in [-0.4, -0.2) is 108 Å². The zero-order chi connectivity index (χ0) is 51.3. The van der Waals surface area contributed by atoms with E-state index in [-0.39, 0.29) is 11.2 Å². The van der Waals surface area contributed by atoms with Crippen LogP contribution in [0.5, 0.6) is 0 Å². The fraction of sp³-hybridized carbons (Fsp3) is 0.196. The van der Waals surface area contributed by atoms with Crippen LogP contribution in [0, 0.1) is 69.8 Å². The third-order valence-electron chi connectivity index (χ3n) is 11.3. The fourth-order valence-corrected chi connectivity index (χ4v) is 7.82. The van der Waals surface area contributed by atoms with Crippen LogP contribution in [0.2, 0.25) is 0 Å². The van der Waals surface area contributed by atoms with Gasteiger partial charge in [0.05, 0.1) is 71.7 Å². The Labute approximate surface area is 389 Å². The van der Waals surface area contributed by atoms with Gasteiger partial charge in [0.15, 0.2) is 69.8 Å². The summed E-state index contributed by atoms with van der Waals surface area (Å²) in [5, 5.41) is 62.6. The summed E-state index contributed by atoms with van der Waals surface area (Å²) in [6, 6.07) is 6.12. The first kappa shape index (κ1) is 50.1. The minimum atomic E-state index is -2.15. The fourth-order valence-electron chi connectivity index (χ4n) is 7.82. The third kappa shape index (κ3) is 8.84. The molecular formula is C46H35F12N7O6. The second-order valence-electron chi connectivity index (χ2n) is 15.9. The molecule has 4 aromatic heterocycles. The minimum absolute atomic E-state index is 0.0854. The van der Waals surface area contributed by atoms with E-state index in [0.29, 0.717) is 0 Å². The lowest BCUT2D eigenvalue weighted by molar-refractivity contribution is 0.105. The molecule has 0 aliphatic carbocycles. The average molecular weight is 1010 g/mol. The first-order valence-corrected chi connectivity index (χ1v) is 20.8. The highest BCUT2D eigenvalue weighted by molar-refractivity contribution is 6.01. The molecule has 8 rings (SSSR count). The normalized spacial score (nSPS) is 13.3. The van der Waals surface area contributed by atoms with Crippen molar-refractivity contribution in [1.29, 1.82) is 0 Å². The van der Waals surface area contributed by atoms with Crippen molar-refractivity contribution in [2.75, 3.05) is 55.4 Å². The van der Waals surface area contributed by atoms with E-state index in [2.05, 4.69) is 19.9 Å². The van der Waals surface area contributed by atoms with Gasteiger partial charge in [-0.05, 0) is 48.6 Å². The van der Waals surface area contributed by atoms with Crippen molar-refractivity contribution in [3.63, 3.8) is 0 Å². The molecule has 0 radical (unpaired) electrons. The van der Waals surface area contributed by atoms with Gasteiger partial charge in [-0.15, -0.1) is 0 Å². The number of benzene rings is 3. The molecule has 1 aliphatic rings. The van der Waals surface area contributed by atoms with Crippen LogP contribution in [0.3, 0.4) is 0 Å². The van der Waals surface area contributed by atoms with Crippen LogP contribution in [0.1, 0.15) is 11.4 Å². The lowest BCUT2D eigenvalue weighted by Gasteiger charge is -2.16. The number of fused-ring (bicyclic) bond motifs is 9. The second kappa shape index (κ2) is 19.8. The van der Waals surface area contributed by atoms with Crippen molar-refractivity contribution in [3.8, 4) is 33.4 Å². The van der Waals surface area contributed by atoms with Crippen LogP contribution >= 0.6 is 0 Å². The summed E-state index contributed by atoms with van der Waals surface area (Å²) < 4.78 is 194. The molecule has 3 aromatic carbocycles. The molecule has 0 saturated carbocycles. The highest BCUT2D eigenvalue weighted by Crippen LogP contribution is 2.44. The molecular weight excluding hydrogens is 975 g/mol. The summed E-state index contributed by atoms with van der Waals surface area (Å²) >= 11 is 0. The molecule has 3 atom stereocenters. The van der Waals surface area contributed by atoms with Gasteiger partial charge in [-0.3, -0.25) is 0 Å². The maximum absolute atomic E-state index is 16.5. The Hall–Kier alpha value is -7.29. The quantitative estimate of drug-likeness (QED) is 0.0356. The van der Waals surface area contributed by atoms with Crippen molar-refractivity contribution in [1.82, 2.24) is 19.9 Å². The van der Waals surface area contributed by atoms with Crippen LogP contribution in [-0.2, 0) is 0 Å². The molecule has 0 spiro atoms. The number of anilines is 3. The van der Waals surface area contributed by atoms with Gasteiger partial charge in [-0.2, -0.15) is 0 Å². The van der Waals surface area contributed by atoms with Crippen molar-refractivity contribution < 1.29 is 83.3 Å². The Morgan fingerprint density at radius 3 is 0.915 bits per heavy atom. The molecule has 0 saturated heterocycles. The maximum Gasteiger partial charge on any atom is 0.185 e. The Bertz CT molecular complexity index is 3330. The standard InChI is InChI=1S/C46H35F12N7O6/c47-32-29(33(48)39(54)44(38(32)53)59-9-15(69)12-66)26-20-3-1-18(62-20)19-2-4-21(63-19)27(30-34(49)40(55)45(41(56)35(30)50)60-10-16(70)13-67)23-6-8-25(65-23)28(24-7-5-22(26)64-24)31-36(51)42(57)46(43(58)37(31)52)61-11-17(71)14-68/h1-8,15-17,59-62,64-71H,9-14H2. The number of hydrogen-bond acceptors (Lipinski definition) is 10. The van der Waals surface area contributed by atoms with Crippen molar-refractivity contribution >= 4 is 62.3 Å². The summed E-state index contributed by atoms with van der Waals surface area (Å²) in [5.74, 6) is -24.9. The Morgan fingerprint density at radius 1 is 0.352 bits per heavy atom. The summed E-state index contributed by atoms with van der Waals surface area (Å²) in [7, 11) is 0. The Kier molecular flexibility index (Phi) is 14.0. The van der Waals surface area contributed by atoms with Crippen LogP contribution < -0.4 is 16.0 Å². The van der Waals surface area contributed by atoms with Gasteiger partial charge >= 0.3 is 0 Å². The zero-order valence-electron chi connectivity index (χ0n) is 35.8. The monoisotopic (exact) mass is 1010 g/mol. The van der Waals surface area contributed by atoms with Crippen LogP contribution in [0.15, 0.2) is 36.4 Å². The first-order chi connectivity index (χ1) is 33.8. The second-order valence-corrected chi connectivity index (χ2v) is 15.9. The van der Waals surface area contributed by atoms with E-state index in [4.69, 9.17) is 10.2 Å². The Morgan fingerprint density at radius 2 is 0.606 bits per heavy atom. The molecule has 0 fully saturated rings. The number of aliphatic hydroxyl groups is 6. The largest absolute Gasteiger partial charge is 0.394 e. The predicted molar refractivity (Wildman–Crippen MR) is 236 cm³/mol. The molecule has 71 heavy (non-hydrogen) atoms. The summed E-state index contributed by atoms with van der Waals surface area (Å²) in [6.45, 7) is -5.19. The van der Waals surface area contributed by atoms with E-state index in [1.54, 1.807) is 0 Å². The number of halogens is 12. The molecule has 25 heteroatoms. The van der Waals surface area contributed by atoms with Crippen molar-refractivity contribution in [2.45, 2.75) is 18.3 Å². The number of aromatic nitrogens is 4. The number of hydrogen-bond donors (Lipinski definition) is 12. The summed E-state index contributed by atoms with van der Waals surface area (Å²) in [6.07, 6.45) is -2.70. The van der Waals surface area contributed by atoms with Gasteiger partial charge in [0.2, 0.25) is 0 Å². The molecule has 3 unspecified atom stereocenters. The number of H-pyrrole nitrogens is 3. The van der Waals surface area contributed by atoms with Crippen molar-refractivity contribution in [2.24, 2.45) is 0 Å². The highest BCUT2D eigenvalue weighted by atomic mass is 19.2. The lowest BCUT2D eigenvalue weighted by Crippen LogP contribution is -2.24. The molecule has 1 aliphatic heterocycles. The van der Waals surface area contributed by atoms with Gasteiger partial charge < -0.3 is 61.5 Å². The first-order valence-electron chi connectivity index (χ1n) is 20.8. The van der Waals surface area contributed by atoms with E-state index in [1.165, 1.54) is 12.1 Å². The van der Waals surface area contributed by atoms with E-state index in [1.807, 2.05) is 16.0 Å². The topological polar surface area (TPSA) is 218 Å². The van der Waals surface area contributed by atoms with Crippen LogP contribution in [0.4, 0.5) is 69.7 Å². The van der Waals surface area contributed by atoms with Gasteiger partial charge in [-0.1, -0.05) is 0 Å². The average Bonchev–Trinajstić information content (AvgIpc) is 4.22. The minimum Gasteiger partial charge on any atom is -0.394 e. The molecule has 7 aromatic rings. The lowest BCUT2D eigenvalue weighted by atomic mass is 10.0. The van der Waals surface area contributed by atoms with E-state index >= 15 is 52.7 Å². The molecule has 0 amide bonds. The molecule has 12 N–H and O–H groups in total. The molecule has 13 nitrogen and oxygen atoms in total. The SMILES string of the molecule is OCC(O)CNc1c(F)c(F)c(-c2c3nc(c4ccc([nH]4)c(-c4c(F)c(F)c(NCC(O)CO)c(F)c4F)c4ccc([nH]4)c(-c4c(F)c(F)c(NCC(O)CO)c(F)c4F)c4ccc2[nH]4)C=C3)c(F)c1F. The highest BCUT2D eigenvalue weighted by Gasteiger charge is 2.33. The van der Waals surface area contributed by atoms with E-state index in [0.717, 1.165) is 36.4 Å². The van der Waals surface area contributed by atoms with Gasteiger partial charge in [-0.25, -0.2) is 57.7 Å². The number of nitrogens with one attached hydrogen (secondary N) is 6. The number of rotatable bonds is 15. The summed E-state index contributed by atoms with van der Waals surface area (Å²) in [4.78, 5) is 12.3. The van der Waals surface area contributed by atoms with E-state index in [9.17, 15) is 20.4 Å². The van der Waals surface area contributed by atoms with E-state index < -0.39 is 211 Å². The number of nitrogens with zero attached hydrogens (tertiary/aromatic N) is 1. The van der Waals surface area contributed by atoms with Crippen LogP contribution in [0.25, 0.3) is 78.6 Å². The maximum atomic E-state index is 16.5. The third-order valence-corrected chi connectivity index (χ3v) is 11.3. The van der Waals surface area contributed by atoms with Crippen molar-refractivity contribution in [3.05, 3.63) is 118 Å². The van der Waals surface area contributed by atoms with Gasteiger partial charge in [0, 0.05) is 63.9 Å². The van der Waals surface area contributed by atoms with Gasteiger partial charge in [0.1, 0.15) is 17.1 Å². The molecule has 5 heterocycles. The number of aromatic amines is 3. The predicted octanol–water partition coefficient (Wildman–Crippen LogP) is 7.66. The number of aliphatic hydroxyl groups excluding tert-OH is 6. The zero-order valence-corrected chi connectivity index (χ0v) is 35.8.